The molecule has 0 spiro atoms. The van der Waals surface area contributed by atoms with Crippen molar-refractivity contribution < 1.29 is 9.21 Å². The lowest BCUT2D eigenvalue weighted by atomic mass is 10.1. The number of aromatic nitrogens is 3. The van der Waals surface area contributed by atoms with Gasteiger partial charge in [0.25, 0.3) is 11.1 Å². The minimum atomic E-state index is -0.383. The average molecular weight is 407 g/mol. The van der Waals surface area contributed by atoms with E-state index in [1.54, 1.807) is 0 Å². The van der Waals surface area contributed by atoms with Crippen LogP contribution >= 0.6 is 11.8 Å². The highest BCUT2D eigenvalue weighted by Gasteiger charge is 2.21. The van der Waals surface area contributed by atoms with Gasteiger partial charge in [-0.3, -0.25) is 4.79 Å². The summed E-state index contributed by atoms with van der Waals surface area (Å²) in [7, 11) is 0. The molecule has 0 aliphatic heterocycles. The number of H-pyrrole nitrogens is 1. The van der Waals surface area contributed by atoms with Crippen molar-refractivity contribution in [2.24, 2.45) is 0 Å². The van der Waals surface area contributed by atoms with Gasteiger partial charge in [-0.05, 0) is 44.9 Å². The van der Waals surface area contributed by atoms with E-state index in [0.29, 0.717) is 11.1 Å². The maximum Gasteiger partial charge on any atom is 0.277 e. The van der Waals surface area contributed by atoms with Gasteiger partial charge in [-0.2, -0.15) is 0 Å². The first-order chi connectivity index (χ1) is 13.9. The number of aromatic amines is 1. The zero-order valence-corrected chi connectivity index (χ0v) is 17.6. The smallest absolute Gasteiger partial charge is 0.277 e. The summed E-state index contributed by atoms with van der Waals surface area (Å²) in [6, 6.07) is 12.0. The Balaban J connectivity index is 1.48. The Hall–Kier alpha value is -3.06. The molecule has 6 nitrogen and oxygen atoms in total. The summed E-state index contributed by atoms with van der Waals surface area (Å²) in [5, 5.41) is 12.3. The molecule has 2 aromatic carbocycles. The van der Waals surface area contributed by atoms with Gasteiger partial charge in [-0.15, -0.1) is 10.2 Å². The second-order valence-electron chi connectivity index (χ2n) is 7.14. The van der Waals surface area contributed by atoms with Crippen LogP contribution in [0.3, 0.4) is 0 Å². The topological polar surface area (TPSA) is 83.8 Å². The summed E-state index contributed by atoms with van der Waals surface area (Å²) >= 11 is 1.25. The molecule has 0 aliphatic rings. The van der Waals surface area contributed by atoms with E-state index in [4.69, 9.17) is 4.42 Å². The lowest BCUT2D eigenvalue weighted by molar-refractivity contribution is -0.115. The molecule has 4 rings (SSSR count). The van der Waals surface area contributed by atoms with Gasteiger partial charge in [0, 0.05) is 22.8 Å². The molecule has 0 saturated carbocycles. The van der Waals surface area contributed by atoms with Gasteiger partial charge < -0.3 is 14.7 Å². The minimum Gasteiger partial charge on any atom is -0.411 e. The number of para-hydroxylation sites is 1. The van der Waals surface area contributed by atoms with Gasteiger partial charge >= 0.3 is 0 Å². The maximum atomic E-state index is 12.7. The lowest BCUT2D eigenvalue weighted by Gasteiger charge is -2.15. The summed E-state index contributed by atoms with van der Waals surface area (Å²) in [6.45, 7) is 7.87. The standard InChI is InChI=1S/C22H22N4O2S/c1-12-9-13(2)19(14(3)10-12)24-20(27)15(4)29-22-26-25-21(28-22)17-11-23-18-8-6-5-7-16(17)18/h5-11,15,23H,1-4H3,(H,24,27). The molecule has 2 heterocycles. The van der Waals surface area contributed by atoms with Crippen LogP contribution in [0, 0.1) is 20.8 Å². The molecule has 4 aromatic rings. The van der Waals surface area contributed by atoms with Crippen molar-refractivity contribution in [3.8, 4) is 11.5 Å². The quantitative estimate of drug-likeness (QED) is 0.442. The van der Waals surface area contributed by atoms with Crippen LogP contribution in [0.1, 0.15) is 23.6 Å². The first-order valence-corrected chi connectivity index (χ1v) is 10.3. The van der Waals surface area contributed by atoms with Gasteiger partial charge in [0.05, 0.1) is 10.8 Å². The second kappa shape index (κ2) is 7.75. The van der Waals surface area contributed by atoms with Gasteiger partial charge in [0.2, 0.25) is 5.91 Å². The van der Waals surface area contributed by atoms with Crippen LogP contribution in [-0.4, -0.2) is 26.3 Å². The minimum absolute atomic E-state index is 0.100. The molecule has 1 unspecified atom stereocenters. The van der Waals surface area contributed by atoms with E-state index in [1.807, 2.05) is 58.2 Å². The van der Waals surface area contributed by atoms with Crippen LogP contribution in [-0.2, 0) is 4.79 Å². The van der Waals surface area contributed by atoms with E-state index in [0.717, 1.165) is 33.3 Å². The largest absolute Gasteiger partial charge is 0.411 e. The number of amides is 1. The number of carbonyl (C=O) groups excluding carboxylic acids is 1. The van der Waals surface area contributed by atoms with Crippen LogP contribution in [0.5, 0.6) is 0 Å². The van der Waals surface area contributed by atoms with Gasteiger partial charge in [0.1, 0.15) is 0 Å². The highest BCUT2D eigenvalue weighted by Crippen LogP contribution is 2.31. The number of hydrogen-bond donors (Lipinski definition) is 2. The molecule has 0 aliphatic carbocycles. The molecule has 29 heavy (non-hydrogen) atoms. The third-order valence-corrected chi connectivity index (χ3v) is 5.73. The van der Waals surface area contributed by atoms with Crippen molar-refractivity contribution in [1.29, 1.82) is 0 Å². The number of carbonyl (C=O) groups is 1. The van der Waals surface area contributed by atoms with Crippen molar-refractivity contribution in [3.63, 3.8) is 0 Å². The summed E-state index contributed by atoms with van der Waals surface area (Å²) in [6.07, 6.45) is 1.85. The Morgan fingerprint density at radius 1 is 1.14 bits per heavy atom. The predicted molar refractivity (Wildman–Crippen MR) is 116 cm³/mol. The normalized spacial score (nSPS) is 12.3. The van der Waals surface area contributed by atoms with Crippen LogP contribution in [0.25, 0.3) is 22.4 Å². The van der Waals surface area contributed by atoms with Gasteiger partial charge in [0.15, 0.2) is 0 Å². The molecule has 2 aromatic heterocycles. The fourth-order valence-corrected chi connectivity index (χ4v) is 4.10. The van der Waals surface area contributed by atoms with E-state index in [9.17, 15) is 4.79 Å². The molecule has 0 bridgehead atoms. The second-order valence-corrected chi connectivity index (χ2v) is 8.44. The number of nitrogens with zero attached hydrogens (tertiary/aromatic N) is 2. The van der Waals surface area contributed by atoms with E-state index >= 15 is 0 Å². The monoisotopic (exact) mass is 406 g/mol. The number of thioether (sulfide) groups is 1. The number of aryl methyl sites for hydroxylation is 3. The Morgan fingerprint density at radius 3 is 2.62 bits per heavy atom. The Bertz CT molecular complexity index is 1170. The molecule has 1 amide bonds. The van der Waals surface area contributed by atoms with Crippen LogP contribution in [0.4, 0.5) is 5.69 Å². The third kappa shape index (κ3) is 3.91. The van der Waals surface area contributed by atoms with Crippen molar-refractivity contribution in [1.82, 2.24) is 15.2 Å². The summed E-state index contributed by atoms with van der Waals surface area (Å²) in [4.78, 5) is 15.9. The Kier molecular flexibility index (Phi) is 5.15. The zero-order valence-electron chi connectivity index (χ0n) is 16.7. The molecule has 0 radical (unpaired) electrons. The van der Waals surface area contributed by atoms with Crippen LogP contribution < -0.4 is 5.32 Å². The zero-order chi connectivity index (χ0) is 20.5. The molecule has 1 atom stereocenters. The fraction of sp³-hybridized carbons (Fsp3) is 0.227. The number of nitrogens with one attached hydrogen (secondary N) is 2. The fourth-order valence-electron chi connectivity index (χ4n) is 3.42. The number of rotatable bonds is 5. The van der Waals surface area contributed by atoms with Gasteiger partial charge in [-0.25, -0.2) is 0 Å². The van der Waals surface area contributed by atoms with Crippen molar-refractivity contribution in [2.75, 3.05) is 5.32 Å². The maximum absolute atomic E-state index is 12.7. The molecular formula is C22H22N4O2S. The Morgan fingerprint density at radius 2 is 1.86 bits per heavy atom. The summed E-state index contributed by atoms with van der Waals surface area (Å²) in [5.41, 5.74) is 5.99. The van der Waals surface area contributed by atoms with Gasteiger partial charge in [-0.1, -0.05) is 47.7 Å². The van der Waals surface area contributed by atoms with E-state index in [1.165, 1.54) is 17.3 Å². The highest BCUT2D eigenvalue weighted by molar-refractivity contribution is 8.00. The summed E-state index contributed by atoms with van der Waals surface area (Å²) < 4.78 is 5.81. The first-order valence-electron chi connectivity index (χ1n) is 9.37. The van der Waals surface area contributed by atoms with Crippen LogP contribution in [0.15, 0.2) is 52.2 Å². The third-order valence-electron chi connectivity index (χ3n) is 4.80. The number of benzene rings is 2. The van der Waals surface area contributed by atoms with E-state index in [2.05, 4.69) is 32.6 Å². The molecule has 2 N–H and O–H groups in total. The van der Waals surface area contributed by atoms with Crippen molar-refractivity contribution >= 4 is 34.3 Å². The van der Waals surface area contributed by atoms with E-state index in [-0.39, 0.29) is 11.2 Å². The van der Waals surface area contributed by atoms with E-state index < -0.39 is 0 Å². The lowest BCUT2D eigenvalue weighted by Crippen LogP contribution is -2.23. The molecule has 0 saturated heterocycles. The number of hydrogen-bond acceptors (Lipinski definition) is 5. The first kappa shape index (κ1) is 19.3. The molecule has 148 valence electrons. The molecular weight excluding hydrogens is 384 g/mol. The number of anilines is 1. The van der Waals surface area contributed by atoms with Crippen molar-refractivity contribution in [3.05, 3.63) is 59.3 Å². The molecule has 7 heteroatoms. The predicted octanol–water partition coefficient (Wildman–Crippen LogP) is 5.26. The Labute approximate surface area is 173 Å². The molecule has 0 fully saturated rings. The van der Waals surface area contributed by atoms with Crippen molar-refractivity contribution in [2.45, 2.75) is 38.2 Å². The SMILES string of the molecule is Cc1cc(C)c(NC(=O)C(C)Sc2nnc(-c3c[nH]c4ccccc34)o2)c(C)c1. The average Bonchev–Trinajstić information content (AvgIpc) is 3.31. The summed E-state index contributed by atoms with van der Waals surface area (Å²) in [5.74, 6) is 0.333. The van der Waals surface area contributed by atoms with Crippen LogP contribution in [0.2, 0.25) is 0 Å². The number of fused-ring (bicyclic) bond motifs is 1. The highest BCUT2D eigenvalue weighted by atomic mass is 32.2.